The third-order valence-corrected chi connectivity index (χ3v) is 8.83. The number of anilines is 3. The van der Waals surface area contributed by atoms with Crippen molar-refractivity contribution in [2.24, 2.45) is 7.05 Å². The minimum Gasteiger partial charge on any atom is -0.393 e. The van der Waals surface area contributed by atoms with E-state index in [1.165, 1.54) is 0 Å². The molecule has 0 bridgehead atoms. The number of aliphatic hydroxyl groups excluding tert-OH is 1. The number of carbonyl (C=O) groups excluding carboxylic acids is 1. The van der Waals surface area contributed by atoms with E-state index in [1.54, 1.807) is 28.2 Å². The minimum atomic E-state index is -0.333. The molecule has 12 heteroatoms. The number of nitrogens with one attached hydrogen (secondary N) is 3. The Bertz CT molecular complexity index is 1640. The molecule has 12 nitrogen and oxygen atoms in total. The number of nitrogens with zero attached hydrogens (tertiary/aromatic N) is 7. The molecule has 2 aliphatic rings. The maximum atomic E-state index is 13.7. The van der Waals surface area contributed by atoms with Crippen molar-refractivity contribution >= 4 is 23.6 Å². The van der Waals surface area contributed by atoms with Crippen molar-refractivity contribution in [3.05, 3.63) is 78.4 Å². The summed E-state index contributed by atoms with van der Waals surface area (Å²) >= 11 is 0. The lowest BCUT2D eigenvalue weighted by atomic mass is 9.90. The molecule has 4 N–H and O–H groups in total. The summed E-state index contributed by atoms with van der Waals surface area (Å²) in [6, 6.07) is 15.9. The van der Waals surface area contributed by atoms with Crippen molar-refractivity contribution in [3.63, 3.8) is 0 Å². The van der Waals surface area contributed by atoms with Gasteiger partial charge in [0.2, 0.25) is 5.95 Å². The summed E-state index contributed by atoms with van der Waals surface area (Å²) < 4.78 is 1.75. The monoisotopic (exact) mass is 620 g/mol. The van der Waals surface area contributed by atoms with Crippen LogP contribution in [0.4, 0.5) is 22.4 Å². The van der Waals surface area contributed by atoms with E-state index in [0.717, 1.165) is 61.6 Å². The van der Waals surface area contributed by atoms with Gasteiger partial charge >= 0.3 is 6.03 Å². The highest BCUT2D eigenvalue weighted by Crippen LogP contribution is 2.30. The summed E-state index contributed by atoms with van der Waals surface area (Å²) in [6.45, 7) is 0.424. The highest BCUT2D eigenvalue weighted by molar-refractivity contribution is 5.91. The lowest BCUT2D eigenvalue weighted by Crippen LogP contribution is -2.49. The van der Waals surface area contributed by atoms with E-state index in [0.29, 0.717) is 36.1 Å². The predicted octanol–water partition coefficient (Wildman–Crippen LogP) is 5.00. The van der Waals surface area contributed by atoms with Gasteiger partial charge in [-0.15, -0.1) is 0 Å². The average molecular weight is 621 g/mol. The molecule has 0 spiro atoms. The van der Waals surface area contributed by atoms with E-state index in [4.69, 9.17) is 4.98 Å². The third kappa shape index (κ3) is 7.61. The van der Waals surface area contributed by atoms with Crippen LogP contribution in [0.25, 0.3) is 11.1 Å². The van der Waals surface area contributed by atoms with Gasteiger partial charge in [-0.05, 0) is 69.1 Å². The van der Waals surface area contributed by atoms with Gasteiger partial charge in [0.05, 0.1) is 18.5 Å². The molecule has 1 aromatic carbocycles. The van der Waals surface area contributed by atoms with Crippen LogP contribution in [0.15, 0.2) is 67.3 Å². The summed E-state index contributed by atoms with van der Waals surface area (Å²) in [5, 5.41) is 33.9. The molecule has 4 aromatic rings. The molecule has 2 atom stereocenters. The van der Waals surface area contributed by atoms with E-state index < -0.39 is 0 Å². The summed E-state index contributed by atoms with van der Waals surface area (Å²) in [4.78, 5) is 29.3. The highest BCUT2D eigenvalue weighted by atomic mass is 16.3. The first kappa shape index (κ1) is 31.0. The van der Waals surface area contributed by atoms with Crippen molar-refractivity contribution < 1.29 is 9.90 Å². The Morgan fingerprint density at radius 2 is 1.80 bits per heavy atom. The molecule has 2 amide bonds. The topological polar surface area (TPSA) is 157 Å². The van der Waals surface area contributed by atoms with Crippen LogP contribution in [-0.2, 0) is 13.6 Å². The van der Waals surface area contributed by atoms with E-state index >= 15 is 0 Å². The third-order valence-electron chi connectivity index (χ3n) is 8.83. The first-order chi connectivity index (χ1) is 22.4. The number of aryl methyl sites for hydroxylation is 1. The second-order valence-electron chi connectivity index (χ2n) is 12.2. The van der Waals surface area contributed by atoms with Gasteiger partial charge in [-0.25, -0.2) is 14.8 Å². The number of hydrogen-bond acceptors (Lipinski definition) is 9. The van der Waals surface area contributed by atoms with Crippen LogP contribution >= 0.6 is 0 Å². The summed E-state index contributed by atoms with van der Waals surface area (Å²) in [6.07, 6.45) is 13.2. The Labute approximate surface area is 268 Å². The molecule has 2 aliphatic carbocycles. The molecular weight excluding hydrogens is 580 g/mol. The van der Waals surface area contributed by atoms with Gasteiger partial charge in [0.15, 0.2) is 0 Å². The van der Waals surface area contributed by atoms with Gasteiger partial charge in [-0.3, -0.25) is 9.58 Å². The van der Waals surface area contributed by atoms with E-state index in [9.17, 15) is 15.2 Å². The van der Waals surface area contributed by atoms with Gasteiger partial charge in [-0.2, -0.15) is 15.3 Å². The van der Waals surface area contributed by atoms with E-state index in [1.807, 2.05) is 55.7 Å². The number of hydrogen-bond donors (Lipinski definition) is 4. The second kappa shape index (κ2) is 14.4. The van der Waals surface area contributed by atoms with Crippen LogP contribution in [0, 0.1) is 11.3 Å². The molecular formula is C34H40N10O2. The molecule has 1 unspecified atom stereocenters. The number of nitriles is 1. The van der Waals surface area contributed by atoms with Gasteiger partial charge in [0.1, 0.15) is 23.3 Å². The Morgan fingerprint density at radius 3 is 2.50 bits per heavy atom. The zero-order chi connectivity index (χ0) is 31.9. The van der Waals surface area contributed by atoms with Crippen LogP contribution in [0.5, 0.6) is 0 Å². The van der Waals surface area contributed by atoms with Crippen LogP contribution in [0.2, 0.25) is 0 Å². The predicted molar refractivity (Wildman–Crippen MR) is 176 cm³/mol. The fourth-order valence-corrected chi connectivity index (χ4v) is 6.38. The van der Waals surface area contributed by atoms with Crippen LogP contribution < -0.4 is 20.9 Å². The number of aromatic nitrogens is 5. The molecule has 2 saturated carbocycles. The van der Waals surface area contributed by atoms with Crippen molar-refractivity contribution in [3.8, 4) is 17.2 Å². The fraction of sp³-hybridized carbons (Fsp3) is 0.412. The number of rotatable bonds is 9. The fourth-order valence-electron chi connectivity index (χ4n) is 6.38. The van der Waals surface area contributed by atoms with Crippen molar-refractivity contribution in [1.82, 2.24) is 30.0 Å². The first-order valence-corrected chi connectivity index (χ1v) is 16.0. The van der Waals surface area contributed by atoms with Crippen molar-refractivity contribution in [2.75, 3.05) is 15.5 Å². The van der Waals surface area contributed by atoms with Gasteiger partial charge < -0.3 is 21.1 Å². The lowest BCUT2D eigenvalue weighted by molar-refractivity contribution is 0.124. The highest BCUT2D eigenvalue weighted by Gasteiger charge is 2.31. The molecule has 6 rings (SSSR count). The molecule has 46 heavy (non-hydrogen) atoms. The SMILES string of the molecule is Cn1cc(-c2ccc(N(C(=O)NCc3ccccc3)C3CCC(Nc4ncc(C#N)c(NC5CCC[C@H](O)C5)n4)CC3)nc2)cn1. The second-order valence-corrected chi connectivity index (χ2v) is 12.2. The van der Waals surface area contributed by atoms with E-state index in [2.05, 4.69) is 37.1 Å². The quantitative estimate of drug-likeness (QED) is 0.202. The maximum Gasteiger partial charge on any atom is 0.323 e. The summed E-state index contributed by atoms with van der Waals surface area (Å²) in [7, 11) is 1.88. The molecule has 0 aliphatic heterocycles. The zero-order valence-corrected chi connectivity index (χ0v) is 26.0. The average Bonchev–Trinajstić information content (AvgIpc) is 3.52. The Balaban J connectivity index is 1.13. The Kier molecular flexibility index (Phi) is 9.69. The van der Waals surface area contributed by atoms with Crippen LogP contribution in [0.3, 0.4) is 0 Å². The largest absolute Gasteiger partial charge is 0.393 e. The smallest absolute Gasteiger partial charge is 0.323 e. The first-order valence-electron chi connectivity index (χ1n) is 16.0. The number of pyridine rings is 1. The van der Waals surface area contributed by atoms with Gasteiger partial charge in [-0.1, -0.05) is 30.3 Å². The molecule has 0 saturated heterocycles. The van der Waals surface area contributed by atoms with Gasteiger partial charge in [0.25, 0.3) is 0 Å². The molecule has 3 aromatic heterocycles. The Morgan fingerprint density at radius 1 is 0.978 bits per heavy atom. The molecule has 3 heterocycles. The minimum absolute atomic E-state index is 0.0394. The number of aliphatic hydroxyl groups is 1. The maximum absolute atomic E-state index is 13.7. The Hall–Kier alpha value is -5.02. The number of benzene rings is 1. The van der Waals surface area contributed by atoms with E-state index in [-0.39, 0.29) is 30.3 Å². The number of amides is 2. The zero-order valence-electron chi connectivity index (χ0n) is 26.0. The summed E-state index contributed by atoms with van der Waals surface area (Å²) in [5.41, 5.74) is 3.31. The number of carbonyl (C=O) groups is 1. The summed E-state index contributed by atoms with van der Waals surface area (Å²) in [5.74, 6) is 1.56. The van der Waals surface area contributed by atoms with Crippen LogP contribution in [0.1, 0.15) is 62.5 Å². The van der Waals surface area contributed by atoms with Crippen molar-refractivity contribution in [1.29, 1.82) is 5.26 Å². The molecule has 2 fully saturated rings. The number of urea groups is 1. The molecule has 238 valence electrons. The molecule has 0 radical (unpaired) electrons. The lowest BCUT2D eigenvalue weighted by Gasteiger charge is -2.36. The standard InChI is InChI=1S/C34H40N10O2/c1-43-22-26(21-39-43)24-10-15-31(36-19-24)44(34(46)38-18-23-6-3-2-4-7-23)29-13-11-27(12-14-29)41-33-37-20-25(17-35)32(42-33)40-28-8-5-9-30(45)16-28/h2-4,6-7,10,15,19-22,27-30,45H,5,8-9,11-14,16,18H2,1H3,(H,38,46)(H2,37,40,41,42)/t27?,28?,29?,30-/m0/s1. The van der Waals surface area contributed by atoms with Crippen LogP contribution in [-0.4, -0.2) is 60.1 Å². The normalized spacial score (nSPS) is 21.2. The van der Waals surface area contributed by atoms with Crippen molar-refractivity contribution in [2.45, 2.75) is 82.1 Å². The van der Waals surface area contributed by atoms with Gasteiger partial charge in [0, 0.05) is 55.2 Å².